The fourth-order valence-corrected chi connectivity index (χ4v) is 3.67. The zero-order chi connectivity index (χ0) is 12.6. The lowest BCUT2D eigenvalue weighted by Gasteiger charge is -2.42. The van der Waals surface area contributed by atoms with Crippen molar-refractivity contribution in [3.05, 3.63) is 0 Å². The summed E-state index contributed by atoms with van der Waals surface area (Å²) in [7, 11) is 0. The van der Waals surface area contributed by atoms with Crippen molar-refractivity contribution in [1.29, 1.82) is 0 Å². The van der Waals surface area contributed by atoms with Gasteiger partial charge in [0.2, 0.25) is 5.91 Å². The maximum Gasteiger partial charge on any atom is 0.232 e. The van der Waals surface area contributed by atoms with Crippen LogP contribution in [0, 0.1) is 17.3 Å². The second-order valence-electron chi connectivity index (χ2n) is 6.30. The highest BCUT2D eigenvalue weighted by Gasteiger charge is 2.52. The van der Waals surface area contributed by atoms with Crippen LogP contribution in [0.2, 0.25) is 0 Å². The number of nitrogens with one attached hydrogen (secondary N) is 1. The predicted octanol–water partition coefficient (Wildman–Crippen LogP) is 0.871. The number of hydrogen-bond donors (Lipinski definition) is 1. The first-order chi connectivity index (χ1) is 8.72. The minimum absolute atomic E-state index is 0.251. The number of fused-ring (bicyclic) bond motifs is 1. The van der Waals surface area contributed by atoms with Crippen LogP contribution in [0.1, 0.15) is 26.2 Å². The van der Waals surface area contributed by atoms with Crippen LogP contribution in [0.15, 0.2) is 0 Å². The van der Waals surface area contributed by atoms with Gasteiger partial charge >= 0.3 is 0 Å². The molecule has 18 heavy (non-hydrogen) atoms. The van der Waals surface area contributed by atoms with E-state index in [-0.39, 0.29) is 5.41 Å². The number of likely N-dealkylation sites (tertiary alicyclic amines) is 1. The molecule has 0 aromatic heterocycles. The molecule has 4 heteroatoms. The van der Waals surface area contributed by atoms with Gasteiger partial charge in [0.15, 0.2) is 0 Å². The fraction of sp³-hybridized carbons (Fsp3) is 0.929. The molecule has 0 saturated carbocycles. The summed E-state index contributed by atoms with van der Waals surface area (Å²) in [5, 5.41) is 3.41. The molecular formula is C14H24N2O2. The van der Waals surface area contributed by atoms with Gasteiger partial charge in [-0.2, -0.15) is 0 Å². The largest absolute Gasteiger partial charge is 0.380 e. The minimum atomic E-state index is -0.251. The third kappa shape index (κ3) is 1.95. The molecule has 0 aromatic rings. The second kappa shape index (κ2) is 4.82. The highest BCUT2D eigenvalue weighted by molar-refractivity contribution is 5.84. The van der Waals surface area contributed by atoms with E-state index >= 15 is 0 Å². The van der Waals surface area contributed by atoms with Crippen molar-refractivity contribution < 1.29 is 9.53 Å². The van der Waals surface area contributed by atoms with Crippen molar-refractivity contribution in [2.24, 2.45) is 17.3 Å². The van der Waals surface area contributed by atoms with Gasteiger partial charge < -0.3 is 15.0 Å². The first kappa shape index (κ1) is 12.4. The minimum Gasteiger partial charge on any atom is -0.380 e. The summed E-state index contributed by atoms with van der Waals surface area (Å²) in [6, 6.07) is 0. The van der Waals surface area contributed by atoms with Gasteiger partial charge in [0.05, 0.1) is 12.0 Å². The summed E-state index contributed by atoms with van der Waals surface area (Å²) in [6.07, 6.45) is 3.34. The Balaban J connectivity index is 1.74. The molecule has 1 N–H and O–H groups in total. The van der Waals surface area contributed by atoms with E-state index in [1.54, 1.807) is 0 Å². The van der Waals surface area contributed by atoms with Crippen molar-refractivity contribution >= 4 is 5.91 Å². The van der Waals surface area contributed by atoms with Crippen LogP contribution >= 0.6 is 0 Å². The predicted molar refractivity (Wildman–Crippen MR) is 69.2 cm³/mol. The molecular weight excluding hydrogens is 228 g/mol. The van der Waals surface area contributed by atoms with E-state index in [1.807, 2.05) is 0 Å². The van der Waals surface area contributed by atoms with Gasteiger partial charge in [-0.3, -0.25) is 4.79 Å². The Bertz CT molecular complexity index is 326. The number of ether oxygens (including phenoxy) is 1. The van der Waals surface area contributed by atoms with Crippen LogP contribution < -0.4 is 5.32 Å². The summed E-state index contributed by atoms with van der Waals surface area (Å²) >= 11 is 0. The monoisotopic (exact) mass is 252 g/mol. The number of nitrogens with zero attached hydrogens (tertiary/aromatic N) is 1. The molecule has 0 radical (unpaired) electrons. The number of hydrogen-bond acceptors (Lipinski definition) is 3. The van der Waals surface area contributed by atoms with Crippen molar-refractivity contribution in [3.8, 4) is 0 Å². The van der Waals surface area contributed by atoms with E-state index < -0.39 is 0 Å². The summed E-state index contributed by atoms with van der Waals surface area (Å²) < 4.78 is 5.63. The SMILES string of the molecule is CC1CCN(C(=O)[C@]23CNC[C@H]2CCOC3)CC1. The van der Waals surface area contributed by atoms with Crippen LogP contribution in [0.25, 0.3) is 0 Å². The van der Waals surface area contributed by atoms with Gasteiger partial charge in [-0.15, -0.1) is 0 Å². The van der Waals surface area contributed by atoms with E-state index in [1.165, 1.54) is 0 Å². The third-order valence-corrected chi connectivity index (χ3v) is 5.08. The highest BCUT2D eigenvalue weighted by Crippen LogP contribution is 2.39. The van der Waals surface area contributed by atoms with E-state index in [4.69, 9.17) is 4.74 Å². The molecule has 3 aliphatic rings. The number of rotatable bonds is 1. The molecule has 102 valence electrons. The molecule has 3 fully saturated rings. The average Bonchev–Trinajstić information content (AvgIpc) is 2.83. The zero-order valence-electron chi connectivity index (χ0n) is 11.3. The van der Waals surface area contributed by atoms with Crippen LogP contribution in [0.4, 0.5) is 0 Å². The molecule has 3 heterocycles. The lowest BCUT2D eigenvalue weighted by Crippen LogP contribution is -2.54. The molecule has 1 amide bonds. The molecule has 4 nitrogen and oxygen atoms in total. The van der Waals surface area contributed by atoms with Gasteiger partial charge in [-0.25, -0.2) is 0 Å². The molecule has 0 unspecified atom stereocenters. The maximum absolute atomic E-state index is 12.9. The van der Waals surface area contributed by atoms with Crippen LogP contribution in [0.3, 0.4) is 0 Å². The summed E-state index contributed by atoms with van der Waals surface area (Å²) in [5.74, 6) is 1.61. The van der Waals surface area contributed by atoms with Crippen molar-refractivity contribution in [1.82, 2.24) is 10.2 Å². The Morgan fingerprint density at radius 3 is 2.89 bits per heavy atom. The highest BCUT2D eigenvalue weighted by atomic mass is 16.5. The molecule has 0 bridgehead atoms. The maximum atomic E-state index is 12.9. The summed E-state index contributed by atoms with van der Waals surface area (Å²) in [5.41, 5.74) is -0.251. The van der Waals surface area contributed by atoms with E-state index in [0.717, 1.165) is 58.0 Å². The van der Waals surface area contributed by atoms with Gasteiger partial charge in [0.25, 0.3) is 0 Å². The number of carbonyl (C=O) groups is 1. The smallest absolute Gasteiger partial charge is 0.232 e. The number of piperidine rings is 1. The van der Waals surface area contributed by atoms with Crippen LogP contribution in [-0.2, 0) is 9.53 Å². The van der Waals surface area contributed by atoms with Gasteiger partial charge in [-0.05, 0) is 37.6 Å². The van der Waals surface area contributed by atoms with Crippen molar-refractivity contribution in [2.45, 2.75) is 26.2 Å². The fourth-order valence-electron chi connectivity index (χ4n) is 3.67. The standard InChI is InChI=1S/C14H24N2O2/c1-11-2-5-16(6-3-11)13(17)14-9-15-8-12(14)4-7-18-10-14/h11-12,15H,2-10H2,1H3/t12-,14+/m1/s1. The van der Waals surface area contributed by atoms with Crippen LogP contribution in [-0.4, -0.2) is 50.2 Å². The molecule has 3 aliphatic heterocycles. The number of amides is 1. The Hall–Kier alpha value is -0.610. The average molecular weight is 252 g/mol. The van der Waals surface area contributed by atoms with E-state index in [2.05, 4.69) is 17.1 Å². The lowest BCUT2D eigenvalue weighted by atomic mass is 9.74. The van der Waals surface area contributed by atoms with Crippen molar-refractivity contribution in [2.75, 3.05) is 39.4 Å². The Labute approximate surface area is 109 Å². The topological polar surface area (TPSA) is 41.6 Å². The lowest BCUT2D eigenvalue weighted by molar-refractivity contribution is -0.154. The third-order valence-electron chi connectivity index (χ3n) is 5.08. The normalized spacial score (nSPS) is 37.6. The zero-order valence-corrected chi connectivity index (χ0v) is 11.3. The molecule has 0 spiro atoms. The molecule has 3 rings (SSSR count). The van der Waals surface area contributed by atoms with Crippen molar-refractivity contribution in [3.63, 3.8) is 0 Å². The van der Waals surface area contributed by atoms with E-state index in [9.17, 15) is 4.79 Å². The van der Waals surface area contributed by atoms with Crippen LogP contribution in [0.5, 0.6) is 0 Å². The van der Waals surface area contributed by atoms with Gasteiger partial charge in [-0.1, -0.05) is 6.92 Å². The first-order valence-electron chi connectivity index (χ1n) is 7.30. The molecule has 3 saturated heterocycles. The quantitative estimate of drug-likeness (QED) is 0.753. The molecule has 0 aliphatic carbocycles. The van der Waals surface area contributed by atoms with Gasteiger partial charge in [0.1, 0.15) is 0 Å². The first-order valence-corrected chi connectivity index (χ1v) is 7.30. The van der Waals surface area contributed by atoms with E-state index in [0.29, 0.717) is 18.4 Å². The molecule has 2 atom stereocenters. The Morgan fingerprint density at radius 1 is 1.33 bits per heavy atom. The van der Waals surface area contributed by atoms with Gasteiger partial charge in [0, 0.05) is 26.2 Å². The second-order valence-corrected chi connectivity index (χ2v) is 6.30. The Kier molecular flexibility index (Phi) is 3.32. The summed E-state index contributed by atoms with van der Waals surface area (Å²) in [4.78, 5) is 15.0. The molecule has 0 aromatic carbocycles. The number of carbonyl (C=O) groups excluding carboxylic acids is 1. The Morgan fingerprint density at radius 2 is 2.11 bits per heavy atom. The summed E-state index contributed by atoms with van der Waals surface area (Å²) in [6.45, 7) is 7.39.